The van der Waals surface area contributed by atoms with E-state index in [2.05, 4.69) is 0 Å². The third kappa shape index (κ3) is 3.08. The molecule has 1 N–H and O–H groups in total. The van der Waals surface area contributed by atoms with Crippen LogP contribution in [0.3, 0.4) is 0 Å². The SMILES string of the molecule is O=C(O)C1(Cc2cccc(Cl)c2F)CCCCCC1. The number of hydrogen-bond donors (Lipinski definition) is 1. The molecular formula is C15H18ClFO2. The zero-order valence-corrected chi connectivity index (χ0v) is 11.5. The lowest BCUT2D eigenvalue weighted by molar-refractivity contribution is -0.149. The molecule has 1 fully saturated rings. The largest absolute Gasteiger partial charge is 0.481 e. The van der Waals surface area contributed by atoms with Crippen molar-refractivity contribution in [1.82, 2.24) is 0 Å². The van der Waals surface area contributed by atoms with E-state index in [1.54, 1.807) is 12.1 Å². The van der Waals surface area contributed by atoms with Gasteiger partial charge in [0.25, 0.3) is 0 Å². The first-order chi connectivity index (χ1) is 9.05. The molecule has 1 aromatic carbocycles. The van der Waals surface area contributed by atoms with Crippen LogP contribution in [0.4, 0.5) is 4.39 Å². The minimum Gasteiger partial charge on any atom is -0.481 e. The van der Waals surface area contributed by atoms with Gasteiger partial charge in [-0.2, -0.15) is 0 Å². The molecule has 0 heterocycles. The number of benzene rings is 1. The molecule has 0 unspecified atom stereocenters. The maximum absolute atomic E-state index is 14.0. The standard InChI is InChI=1S/C15H18ClFO2/c16-12-7-5-6-11(13(12)17)10-15(14(18)19)8-3-1-2-4-9-15/h5-7H,1-4,8-10H2,(H,18,19). The van der Waals surface area contributed by atoms with E-state index < -0.39 is 17.2 Å². The highest BCUT2D eigenvalue weighted by atomic mass is 35.5. The molecule has 0 amide bonds. The Kier molecular flexibility index (Phi) is 4.46. The molecule has 19 heavy (non-hydrogen) atoms. The molecule has 0 aliphatic heterocycles. The summed E-state index contributed by atoms with van der Waals surface area (Å²) in [5.74, 6) is -1.29. The second-order valence-electron chi connectivity index (χ2n) is 5.39. The van der Waals surface area contributed by atoms with E-state index in [1.165, 1.54) is 6.07 Å². The van der Waals surface area contributed by atoms with Crippen LogP contribution >= 0.6 is 11.6 Å². The monoisotopic (exact) mass is 284 g/mol. The van der Waals surface area contributed by atoms with Crippen molar-refractivity contribution in [1.29, 1.82) is 0 Å². The van der Waals surface area contributed by atoms with Crippen molar-refractivity contribution in [3.63, 3.8) is 0 Å². The molecule has 1 aromatic rings. The van der Waals surface area contributed by atoms with E-state index >= 15 is 0 Å². The van der Waals surface area contributed by atoms with E-state index in [4.69, 9.17) is 11.6 Å². The Labute approximate surface area is 117 Å². The van der Waals surface area contributed by atoms with Crippen LogP contribution < -0.4 is 0 Å². The van der Waals surface area contributed by atoms with E-state index in [9.17, 15) is 14.3 Å². The van der Waals surface area contributed by atoms with Crippen LogP contribution in [0.1, 0.15) is 44.1 Å². The molecule has 0 spiro atoms. The average Bonchev–Trinajstić information content (AvgIpc) is 2.62. The van der Waals surface area contributed by atoms with Gasteiger partial charge in [0.1, 0.15) is 5.82 Å². The Bertz CT molecular complexity index is 465. The van der Waals surface area contributed by atoms with E-state index in [0.29, 0.717) is 18.4 Å². The molecule has 0 saturated heterocycles. The highest BCUT2D eigenvalue weighted by Gasteiger charge is 2.39. The van der Waals surface area contributed by atoms with E-state index in [1.807, 2.05) is 0 Å². The lowest BCUT2D eigenvalue weighted by Crippen LogP contribution is -2.33. The summed E-state index contributed by atoms with van der Waals surface area (Å²) < 4.78 is 14.0. The zero-order chi connectivity index (χ0) is 13.9. The maximum atomic E-state index is 14.0. The van der Waals surface area contributed by atoms with Crippen LogP contribution in [0.2, 0.25) is 5.02 Å². The molecule has 1 aliphatic rings. The number of carboxylic acids is 1. The smallest absolute Gasteiger partial charge is 0.309 e. The van der Waals surface area contributed by atoms with Gasteiger partial charge in [-0.1, -0.05) is 49.4 Å². The first kappa shape index (κ1) is 14.3. The van der Waals surface area contributed by atoms with Gasteiger partial charge in [0.2, 0.25) is 0 Å². The predicted octanol–water partition coefficient (Wildman–Crippen LogP) is 4.45. The van der Waals surface area contributed by atoms with Crippen molar-refractivity contribution in [2.75, 3.05) is 0 Å². The Morgan fingerprint density at radius 1 is 1.26 bits per heavy atom. The fraction of sp³-hybridized carbons (Fsp3) is 0.533. The van der Waals surface area contributed by atoms with E-state index in [0.717, 1.165) is 25.7 Å². The summed E-state index contributed by atoms with van der Waals surface area (Å²) in [6, 6.07) is 4.80. The number of rotatable bonds is 3. The minimum absolute atomic E-state index is 0.0617. The number of hydrogen-bond acceptors (Lipinski definition) is 1. The van der Waals surface area contributed by atoms with Gasteiger partial charge in [-0.3, -0.25) is 4.79 Å². The fourth-order valence-electron chi connectivity index (χ4n) is 2.92. The first-order valence-corrected chi connectivity index (χ1v) is 7.09. The first-order valence-electron chi connectivity index (χ1n) is 6.71. The molecule has 4 heteroatoms. The topological polar surface area (TPSA) is 37.3 Å². The van der Waals surface area contributed by atoms with Gasteiger partial charge in [0.15, 0.2) is 0 Å². The molecular weight excluding hydrogens is 267 g/mol. The van der Waals surface area contributed by atoms with Crippen molar-refractivity contribution < 1.29 is 14.3 Å². The van der Waals surface area contributed by atoms with Crippen LogP contribution in [0, 0.1) is 11.2 Å². The van der Waals surface area contributed by atoms with Crippen LogP contribution in [0.25, 0.3) is 0 Å². The summed E-state index contributed by atoms with van der Waals surface area (Å²) in [7, 11) is 0. The summed E-state index contributed by atoms with van der Waals surface area (Å²) in [6.45, 7) is 0. The Morgan fingerprint density at radius 3 is 2.47 bits per heavy atom. The van der Waals surface area contributed by atoms with Gasteiger partial charge in [-0.25, -0.2) is 4.39 Å². The predicted molar refractivity (Wildman–Crippen MR) is 72.9 cm³/mol. The molecule has 0 atom stereocenters. The third-order valence-corrected chi connectivity index (χ3v) is 4.37. The highest BCUT2D eigenvalue weighted by molar-refractivity contribution is 6.30. The number of aliphatic carboxylic acids is 1. The Balaban J connectivity index is 2.30. The second kappa shape index (κ2) is 5.91. The van der Waals surface area contributed by atoms with Crippen molar-refractivity contribution in [3.05, 3.63) is 34.6 Å². The van der Waals surface area contributed by atoms with Gasteiger partial charge in [0.05, 0.1) is 10.4 Å². The second-order valence-corrected chi connectivity index (χ2v) is 5.80. The molecule has 1 saturated carbocycles. The van der Waals surface area contributed by atoms with Crippen molar-refractivity contribution in [2.24, 2.45) is 5.41 Å². The number of carbonyl (C=O) groups is 1. The van der Waals surface area contributed by atoms with Crippen LogP contribution in [0.5, 0.6) is 0 Å². The van der Waals surface area contributed by atoms with Crippen LogP contribution in [0.15, 0.2) is 18.2 Å². The molecule has 1 aliphatic carbocycles. The van der Waals surface area contributed by atoms with Crippen molar-refractivity contribution in [2.45, 2.75) is 44.9 Å². The average molecular weight is 285 g/mol. The van der Waals surface area contributed by atoms with Gasteiger partial charge in [0, 0.05) is 0 Å². The highest BCUT2D eigenvalue weighted by Crippen LogP contribution is 2.39. The molecule has 0 aromatic heterocycles. The maximum Gasteiger partial charge on any atom is 0.309 e. The molecule has 0 radical (unpaired) electrons. The minimum atomic E-state index is -0.831. The van der Waals surface area contributed by atoms with Gasteiger partial charge >= 0.3 is 5.97 Å². The fourth-order valence-corrected chi connectivity index (χ4v) is 3.12. The molecule has 2 rings (SSSR count). The summed E-state index contributed by atoms with van der Waals surface area (Å²) in [6.07, 6.45) is 5.39. The van der Waals surface area contributed by atoms with Crippen LogP contribution in [-0.4, -0.2) is 11.1 Å². The van der Waals surface area contributed by atoms with E-state index in [-0.39, 0.29) is 11.4 Å². The Hall–Kier alpha value is -1.09. The molecule has 2 nitrogen and oxygen atoms in total. The van der Waals surface area contributed by atoms with Crippen molar-refractivity contribution >= 4 is 17.6 Å². The van der Waals surface area contributed by atoms with Gasteiger partial charge in [-0.05, 0) is 30.9 Å². The third-order valence-electron chi connectivity index (χ3n) is 4.07. The molecule has 0 bridgehead atoms. The number of halogens is 2. The summed E-state index contributed by atoms with van der Waals surface area (Å²) in [5, 5.41) is 9.64. The lowest BCUT2D eigenvalue weighted by Gasteiger charge is -2.28. The number of carboxylic acid groups (broad SMARTS) is 1. The molecule has 104 valence electrons. The van der Waals surface area contributed by atoms with Crippen molar-refractivity contribution in [3.8, 4) is 0 Å². The quantitative estimate of drug-likeness (QED) is 0.833. The summed E-state index contributed by atoms with van der Waals surface area (Å²) in [5.41, 5.74) is -0.418. The van der Waals surface area contributed by atoms with Gasteiger partial charge in [-0.15, -0.1) is 0 Å². The normalized spacial score (nSPS) is 18.8. The Morgan fingerprint density at radius 2 is 1.89 bits per heavy atom. The summed E-state index contributed by atoms with van der Waals surface area (Å²) in [4.78, 5) is 11.7. The summed E-state index contributed by atoms with van der Waals surface area (Å²) >= 11 is 5.77. The van der Waals surface area contributed by atoms with Gasteiger partial charge < -0.3 is 5.11 Å². The van der Waals surface area contributed by atoms with Crippen LogP contribution in [-0.2, 0) is 11.2 Å². The lowest BCUT2D eigenvalue weighted by atomic mass is 9.75. The zero-order valence-electron chi connectivity index (χ0n) is 10.8.